The molecule has 1 atom stereocenters. The molecule has 1 fully saturated rings. The number of ether oxygens (including phenoxy) is 3. The molecule has 7 nitrogen and oxygen atoms in total. The minimum Gasteiger partial charge on any atom is -0.507 e. The van der Waals surface area contributed by atoms with Gasteiger partial charge in [0.15, 0.2) is 0 Å². The van der Waals surface area contributed by atoms with Gasteiger partial charge in [-0.1, -0.05) is 18.2 Å². The van der Waals surface area contributed by atoms with Gasteiger partial charge < -0.3 is 19.3 Å². The van der Waals surface area contributed by atoms with Crippen molar-refractivity contribution >= 4 is 34.5 Å². The average molecular weight is 528 g/mol. The fourth-order valence-corrected chi connectivity index (χ4v) is 5.27. The van der Waals surface area contributed by atoms with Crippen molar-refractivity contribution in [3.05, 3.63) is 106 Å². The Morgan fingerprint density at radius 1 is 0.868 bits per heavy atom. The van der Waals surface area contributed by atoms with Gasteiger partial charge in [-0.3, -0.25) is 14.5 Å². The van der Waals surface area contributed by atoms with Gasteiger partial charge in [0.1, 0.15) is 34.8 Å². The molecule has 0 aliphatic carbocycles. The van der Waals surface area contributed by atoms with Crippen molar-refractivity contribution in [1.29, 1.82) is 0 Å². The lowest BCUT2D eigenvalue weighted by Crippen LogP contribution is -2.29. The lowest BCUT2D eigenvalue weighted by Gasteiger charge is -2.24. The number of hydrogen-bond donors (Lipinski definition) is 1. The second kappa shape index (κ2) is 10.4. The maximum absolute atomic E-state index is 13.4. The van der Waals surface area contributed by atoms with Crippen LogP contribution in [0.5, 0.6) is 23.0 Å². The zero-order valence-electron chi connectivity index (χ0n) is 21.0. The molecule has 8 heteroatoms. The van der Waals surface area contributed by atoms with Gasteiger partial charge in [0.05, 0.1) is 25.4 Å². The van der Waals surface area contributed by atoms with Crippen molar-refractivity contribution in [1.82, 2.24) is 0 Å². The molecule has 5 rings (SSSR count). The van der Waals surface area contributed by atoms with Crippen LogP contribution in [0.1, 0.15) is 22.0 Å². The molecular formula is C30H25NO6S. The molecule has 0 saturated carbocycles. The summed E-state index contributed by atoms with van der Waals surface area (Å²) in [5.41, 5.74) is 1.85. The zero-order valence-corrected chi connectivity index (χ0v) is 21.8. The highest BCUT2D eigenvalue weighted by Gasteiger charge is 2.47. The number of Topliss-reactive ketones (excluding diaryl/α,β-unsaturated/α-hetero) is 1. The Balaban J connectivity index is 1.56. The molecule has 0 bridgehead atoms. The fraction of sp³-hybridized carbons (Fsp3) is 0.133. The first-order valence-corrected chi connectivity index (χ1v) is 12.7. The highest BCUT2D eigenvalue weighted by molar-refractivity contribution is 7.10. The Kier molecular flexibility index (Phi) is 6.89. The van der Waals surface area contributed by atoms with E-state index < -0.39 is 17.7 Å². The quantitative estimate of drug-likeness (QED) is 0.168. The molecule has 2 heterocycles. The molecule has 1 aliphatic heterocycles. The molecule has 1 unspecified atom stereocenters. The van der Waals surface area contributed by atoms with E-state index in [4.69, 9.17) is 14.2 Å². The number of ketones is 1. The second-order valence-corrected chi connectivity index (χ2v) is 9.64. The highest BCUT2D eigenvalue weighted by Crippen LogP contribution is 2.45. The van der Waals surface area contributed by atoms with Crippen LogP contribution in [0, 0.1) is 6.92 Å². The first kappa shape index (κ1) is 25.1. The van der Waals surface area contributed by atoms with Gasteiger partial charge in [-0.15, -0.1) is 11.3 Å². The Bertz CT molecular complexity index is 1520. The van der Waals surface area contributed by atoms with E-state index in [2.05, 4.69) is 0 Å². The van der Waals surface area contributed by atoms with E-state index in [0.717, 1.165) is 10.4 Å². The number of rotatable bonds is 7. The summed E-state index contributed by atoms with van der Waals surface area (Å²) in [4.78, 5) is 28.9. The van der Waals surface area contributed by atoms with E-state index in [9.17, 15) is 14.7 Å². The lowest BCUT2D eigenvalue weighted by molar-refractivity contribution is -0.132. The van der Waals surface area contributed by atoms with E-state index in [0.29, 0.717) is 28.7 Å². The lowest BCUT2D eigenvalue weighted by atomic mass is 9.99. The summed E-state index contributed by atoms with van der Waals surface area (Å²) in [5.74, 6) is 0.306. The third-order valence-corrected chi connectivity index (χ3v) is 7.19. The maximum atomic E-state index is 13.4. The largest absolute Gasteiger partial charge is 0.507 e. The van der Waals surface area contributed by atoms with Crippen LogP contribution in [-0.2, 0) is 9.59 Å². The van der Waals surface area contributed by atoms with Gasteiger partial charge in [-0.2, -0.15) is 0 Å². The number of nitrogens with zero attached hydrogens (tertiary/aromatic N) is 1. The van der Waals surface area contributed by atoms with E-state index in [1.165, 1.54) is 30.5 Å². The van der Waals surface area contributed by atoms with Crippen molar-refractivity contribution in [2.75, 3.05) is 19.1 Å². The third-order valence-electron chi connectivity index (χ3n) is 6.26. The van der Waals surface area contributed by atoms with E-state index in [-0.39, 0.29) is 16.9 Å². The van der Waals surface area contributed by atoms with Crippen LogP contribution in [0.15, 0.2) is 89.8 Å². The molecule has 0 radical (unpaired) electrons. The standard InChI is InChI=1S/C30H25NO6S/c1-18-6-4-7-22(16-18)37-20-11-9-19(10-12-20)31-27(25-8-5-15-38-25)26(29(33)30(31)34)28(32)23-14-13-21(35-2)17-24(23)36-3/h4-17,27,32H,1-3H3/b28-26-. The summed E-state index contributed by atoms with van der Waals surface area (Å²) in [6.45, 7) is 1.98. The molecule has 1 aromatic heterocycles. The van der Waals surface area contributed by atoms with Gasteiger partial charge in [0.25, 0.3) is 11.7 Å². The molecule has 1 amide bonds. The van der Waals surface area contributed by atoms with Crippen LogP contribution in [0.3, 0.4) is 0 Å². The van der Waals surface area contributed by atoms with E-state index in [1.807, 2.05) is 48.7 Å². The van der Waals surface area contributed by atoms with Crippen molar-refractivity contribution in [3.8, 4) is 23.0 Å². The zero-order chi connectivity index (χ0) is 26.8. The summed E-state index contributed by atoms with van der Waals surface area (Å²) in [5, 5.41) is 13.3. The first-order chi connectivity index (χ1) is 18.4. The Morgan fingerprint density at radius 3 is 2.29 bits per heavy atom. The normalized spacial score (nSPS) is 16.5. The van der Waals surface area contributed by atoms with Crippen molar-refractivity contribution in [2.45, 2.75) is 13.0 Å². The van der Waals surface area contributed by atoms with E-state index >= 15 is 0 Å². The van der Waals surface area contributed by atoms with Gasteiger partial charge in [-0.05, 0) is 72.5 Å². The van der Waals surface area contributed by atoms with Crippen molar-refractivity contribution in [2.24, 2.45) is 0 Å². The third kappa shape index (κ3) is 4.62. The van der Waals surface area contributed by atoms with Crippen molar-refractivity contribution in [3.63, 3.8) is 0 Å². The summed E-state index contributed by atoms with van der Waals surface area (Å²) in [6.07, 6.45) is 0. The predicted molar refractivity (Wildman–Crippen MR) is 146 cm³/mol. The van der Waals surface area contributed by atoms with Crippen LogP contribution < -0.4 is 19.1 Å². The topological polar surface area (TPSA) is 85.3 Å². The van der Waals surface area contributed by atoms with Gasteiger partial charge in [-0.25, -0.2) is 0 Å². The second-order valence-electron chi connectivity index (χ2n) is 8.66. The SMILES string of the molecule is COc1ccc(/C(O)=C2/C(=O)C(=O)N(c3ccc(Oc4cccc(C)c4)cc3)C2c2cccs2)c(OC)c1. The van der Waals surface area contributed by atoms with Crippen molar-refractivity contribution < 1.29 is 28.9 Å². The Hall–Kier alpha value is -4.56. The van der Waals surface area contributed by atoms with Crippen LogP contribution >= 0.6 is 11.3 Å². The number of aryl methyl sites for hydroxylation is 1. The fourth-order valence-electron chi connectivity index (χ4n) is 4.44. The monoisotopic (exact) mass is 527 g/mol. The molecule has 192 valence electrons. The summed E-state index contributed by atoms with van der Waals surface area (Å²) in [6, 6.07) is 22.4. The number of aliphatic hydroxyl groups excluding tert-OH is 1. The first-order valence-electron chi connectivity index (χ1n) is 11.8. The number of carbonyl (C=O) groups is 2. The number of methoxy groups -OCH3 is 2. The van der Waals surface area contributed by atoms with Gasteiger partial charge in [0.2, 0.25) is 0 Å². The molecule has 0 spiro atoms. The van der Waals surface area contributed by atoms with Crippen LogP contribution in [0.4, 0.5) is 5.69 Å². The number of carbonyl (C=O) groups excluding carboxylic acids is 2. The molecular weight excluding hydrogens is 502 g/mol. The average Bonchev–Trinajstić information content (AvgIpc) is 3.55. The Morgan fingerprint density at radius 2 is 1.63 bits per heavy atom. The van der Waals surface area contributed by atoms with Crippen LogP contribution in [0.25, 0.3) is 5.76 Å². The minimum absolute atomic E-state index is 0.0130. The smallest absolute Gasteiger partial charge is 0.300 e. The predicted octanol–water partition coefficient (Wildman–Crippen LogP) is 6.49. The Labute approximate surface area is 224 Å². The molecule has 1 N–H and O–H groups in total. The summed E-state index contributed by atoms with van der Waals surface area (Å²) in [7, 11) is 2.98. The molecule has 1 saturated heterocycles. The maximum Gasteiger partial charge on any atom is 0.300 e. The molecule has 1 aliphatic rings. The number of anilines is 1. The van der Waals surface area contributed by atoms with E-state index in [1.54, 1.807) is 42.5 Å². The summed E-state index contributed by atoms with van der Waals surface area (Å²) < 4.78 is 16.6. The number of thiophene rings is 1. The minimum atomic E-state index is -0.814. The van der Waals surface area contributed by atoms with Gasteiger partial charge >= 0.3 is 0 Å². The number of benzene rings is 3. The molecule has 4 aromatic rings. The number of amides is 1. The molecule has 3 aromatic carbocycles. The van der Waals surface area contributed by atoms with Crippen LogP contribution in [-0.4, -0.2) is 31.0 Å². The summed E-state index contributed by atoms with van der Waals surface area (Å²) >= 11 is 1.39. The molecule has 38 heavy (non-hydrogen) atoms. The number of aliphatic hydroxyl groups is 1. The highest BCUT2D eigenvalue weighted by atomic mass is 32.1. The van der Waals surface area contributed by atoms with Crippen LogP contribution in [0.2, 0.25) is 0 Å². The number of hydrogen-bond acceptors (Lipinski definition) is 7. The van der Waals surface area contributed by atoms with Gasteiger partial charge in [0, 0.05) is 16.6 Å².